The van der Waals surface area contributed by atoms with E-state index in [2.05, 4.69) is 43.3 Å². The molecule has 2 rings (SSSR count). The SMILES string of the molecule is CCCCCc1cc(Cc2ccccc2)cc(CC(C)OC)c1O. The van der Waals surface area contributed by atoms with E-state index in [9.17, 15) is 5.11 Å². The minimum absolute atomic E-state index is 0.103. The van der Waals surface area contributed by atoms with Crippen LogP contribution in [-0.2, 0) is 24.0 Å². The van der Waals surface area contributed by atoms with Crippen LogP contribution in [0.25, 0.3) is 0 Å². The van der Waals surface area contributed by atoms with Gasteiger partial charge in [-0.25, -0.2) is 0 Å². The molecule has 0 aliphatic heterocycles. The Hall–Kier alpha value is -1.80. The van der Waals surface area contributed by atoms with Crippen molar-refractivity contribution >= 4 is 0 Å². The van der Waals surface area contributed by atoms with E-state index in [4.69, 9.17) is 4.74 Å². The number of hydrogen-bond donors (Lipinski definition) is 1. The summed E-state index contributed by atoms with van der Waals surface area (Å²) in [5, 5.41) is 10.7. The van der Waals surface area contributed by atoms with E-state index >= 15 is 0 Å². The number of methoxy groups -OCH3 is 1. The molecule has 0 radical (unpaired) electrons. The van der Waals surface area contributed by atoms with Crippen molar-refractivity contribution in [2.45, 2.75) is 58.5 Å². The summed E-state index contributed by atoms with van der Waals surface area (Å²) < 4.78 is 5.39. The fourth-order valence-electron chi connectivity index (χ4n) is 3.07. The molecule has 0 amide bonds. The van der Waals surface area contributed by atoms with Crippen molar-refractivity contribution in [3.63, 3.8) is 0 Å². The van der Waals surface area contributed by atoms with Crippen LogP contribution in [-0.4, -0.2) is 18.3 Å². The Kier molecular flexibility index (Phi) is 7.33. The predicted octanol–water partition coefficient (Wildman–Crippen LogP) is 5.29. The lowest BCUT2D eigenvalue weighted by atomic mass is 9.94. The zero-order valence-corrected chi connectivity index (χ0v) is 15.2. The smallest absolute Gasteiger partial charge is 0.122 e. The zero-order chi connectivity index (χ0) is 17.4. The number of hydrogen-bond acceptors (Lipinski definition) is 2. The summed E-state index contributed by atoms with van der Waals surface area (Å²) >= 11 is 0. The van der Waals surface area contributed by atoms with Gasteiger partial charge >= 0.3 is 0 Å². The summed E-state index contributed by atoms with van der Waals surface area (Å²) in [7, 11) is 1.72. The first-order valence-corrected chi connectivity index (χ1v) is 9.04. The van der Waals surface area contributed by atoms with Crippen molar-refractivity contribution in [2.24, 2.45) is 0 Å². The van der Waals surface area contributed by atoms with Crippen molar-refractivity contribution in [3.05, 3.63) is 64.7 Å². The molecule has 2 heteroatoms. The molecule has 24 heavy (non-hydrogen) atoms. The fraction of sp³-hybridized carbons (Fsp3) is 0.455. The molecule has 1 atom stereocenters. The second kappa shape index (κ2) is 9.48. The molecule has 0 heterocycles. The number of benzene rings is 2. The molecule has 1 N–H and O–H groups in total. The van der Waals surface area contributed by atoms with Gasteiger partial charge < -0.3 is 9.84 Å². The zero-order valence-electron chi connectivity index (χ0n) is 15.2. The van der Waals surface area contributed by atoms with Gasteiger partial charge in [0.2, 0.25) is 0 Å². The number of aryl methyl sites for hydroxylation is 1. The average Bonchev–Trinajstić information content (AvgIpc) is 2.59. The highest BCUT2D eigenvalue weighted by Gasteiger charge is 2.13. The van der Waals surface area contributed by atoms with E-state index in [0.29, 0.717) is 5.75 Å². The third-order valence-corrected chi connectivity index (χ3v) is 4.54. The van der Waals surface area contributed by atoms with Crippen LogP contribution in [0.2, 0.25) is 0 Å². The fourth-order valence-corrected chi connectivity index (χ4v) is 3.07. The molecule has 0 saturated heterocycles. The van der Waals surface area contributed by atoms with Gasteiger partial charge in [-0.1, -0.05) is 62.2 Å². The molecule has 2 aromatic carbocycles. The molecule has 0 bridgehead atoms. The molecule has 130 valence electrons. The highest BCUT2D eigenvalue weighted by Crippen LogP contribution is 2.29. The van der Waals surface area contributed by atoms with Crippen LogP contribution in [0, 0.1) is 0 Å². The second-order valence-corrected chi connectivity index (χ2v) is 6.63. The van der Waals surface area contributed by atoms with Gasteiger partial charge in [0.25, 0.3) is 0 Å². The van der Waals surface area contributed by atoms with Gasteiger partial charge in [-0.2, -0.15) is 0 Å². The van der Waals surface area contributed by atoms with Crippen LogP contribution in [0.4, 0.5) is 0 Å². The van der Waals surface area contributed by atoms with E-state index in [1.54, 1.807) is 7.11 Å². The van der Waals surface area contributed by atoms with Crippen LogP contribution in [0.5, 0.6) is 5.75 Å². The molecule has 2 nitrogen and oxygen atoms in total. The van der Waals surface area contributed by atoms with Crippen LogP contribution in [0.1, 0.15) is 55.4 Å². The molecule has 2 aromatic rings. The molecule has 1 unspecified atom stereocenters. The summed E-state index contributed by atoms with van der Waals surface area (Å²) in [4.78, 5) is 0. The summed E-state index contributed by atoms with van der Waals surface area (Å²) in [5.74, 6) is 0.465. The number of unbranched alkanes of at least 4 members (excludes halogenated alkanes) is 2. The lowest BCUT2D eigenvalue weighted by Crippen LogP contribution is -2.10. The van der Waals surface area contributed by atoms with Gasteiger partial charge in [0.1, 0.15) is 5.75 Å². The number of phenolic OH excluding ortho intramolecular Hbond substituents is 1. The van der Waals surface area contributed by atoms with E-state index < -0.39 is 0 Å². The second-order valence-electron chi connectivity index (χ2n) is 6.63. The topological polar surface area (TPSA) is 29.5 Å². The molecule has 0 spiro atoms. The lowest BCUT2D eigenvalue weighted by molar-refractivity contribution is 0.118. The summed E-state index contributed by atoms with van der Waals surface area (Å²) in [6.07, 6.45) is 6.20. The number of aromatic hydroxyl groups is 1. The van der Waals surface area contributed by atoms with Crippen LogP contribution < -0.4 is 0 Å². The van der Waals surface area contributed by atoms with E-state index in [1.807, 2.05) is 13.0 Å². The summed E-state index contributed by atoms with van der Waals surface area (Å²) in [5.41, 5.74) is 4.65. The molecular formula is C22H30O2. The first-order valence-electron chi connectivity index (χ1n) is 9.04. The first-order chi connectivity index (χ1) is 11.6. The Bertz CT molecular complexity index is 619. The van der Waals surface area contributed by atoms with Crippen LogP contribution >= 0.6 is 0 Å². The molecule has 0 aliphatic carbocycles. The van der Waals surface area contributed by atoms with Crippen molar-refractivity contribution in [1.29, 1.82) is 0 Å². The van der Waals surface area contributed by atoms with Crippen molar-refractivity contribution in [1.82, 2.24) is 0 Å². The molecular weight excluding hydrogens is 296 g/mol. The molecule has 0 saturated carbocycles. The Labute approximate surface area is 146 Å². The lowest BCUT2D eigenvalue weighted by Gasteiger charge is -2.16. The van der Waals surface area contributed by atoms with Crippen molar-refractivity contribution in [3.8, 4) is 5.75 Å². The van der Waals surface area contributed by atoms with Gasteiger partial charge in [0.15, 0.2) is 0 Å². The standard InChI is InChI=1S/C22H30O2/c1-4-5-7-12-20-15-19(14-18-10-8-6-9-11-18)16-21(22(20)23)13-17(2)24-3/h6,8-11,15-17,23H,4-5,7,12-14H2,1-3H3. The maximum absolute atomic E-state index is 10.7. The predicted molar refractivity (Wildman–Crippen MR) is 101 cm³/mol. The maximum Gasteiger partial charge on any atom is 0.122 e. The Balaban J connectivity index is 2.27. The quantitative estimate of drug-likeness (QED) is 0.634. The van der Waals surface area contributed by atoms with Gasteiger partial charge in [-0.05, 0) is 48.4 Å². The first kappa shape index (κ1) is 18.5. The average molecular weight is 326 g/mol. The van der Waals surface area contributed by atoms with E-state index in [-0.39, 0.29) is 6.10 Å². The number of rotatable bonds is 9. The number of ether oxygens (including phenoxy) is 1. The number of phenols is 1. The Morgan fingerprint density at radius 2 is 1.71 bits per heavy atom. The highest BCUT2D eigenvalue weighted by molar-refractivity contribution is 5.45. The van der Waals surface area contributed by atoms with Crippen LogP contribution in [0.3, 0.4) is 0 Å². The van der Waals surface area contributed by atoms with E-state index in [0.717, 1.165) is 36.8 Å². The minimum atomic E-state index is 0.103. The molecule has 0 aliphatic rings. The summed E-state index contributed by atoms with van der Waals surface area (Å²) in [6.45, 7) is 4.25. The van der Waals surface area contributed by atoms with Gasteiger partial charge in [-0.15, -0.1) is 0 Å². The highest BCUT2D eigenvalue weighted by atomic mass is 16.5. The third-order valence-electron chi connectivity index (χ3n) is 4.54. The van der Waals surface area contributed by atoms with Gasteiger partial charge in [-0.3, -0.25) is 0 Å². The van der Waals surface area contributed by atoms with E-state index in [1.165, 1.54) is 24.0 Å². The van der Waals surface area contributed by atoms with Crippen LogP contribution in [0.15, 0.2) is 42.5 Å². The third kappa shape index (κ3) is 5.38. The monoisotopic (exact) mass is 326 g/mol. The van der Waals surface area contributed by atoms with Gasteiger partial charge in [0, 0.05) is 13.5 Å². The normalized spacial score (nSPS) is 12.3. The molecule has 0 fully saturated rings. The van der Waals surface area contributed by atoms with Crippen molar-refractivity contribution < 1.29 is 9.84 Å². The largest absolute Gasteiger partial charge is 0.507 e. The van der Waals surface area contributed by atoms with Gasteiger partial charge in [0.05, 0.1) is 6.10 Å². The Morgan fingerprint density at radius 1 is 1.00 bits per heavy atom. The Morgan fingerprint density at radius 3 is 2.38 bits per heavy atom. The minimum Gasteiger partial charge on any atom is -0.507 e. The summed E-state index contributed by atoms with van der Waals surface area (Å²) in [6, 6.07) is 14.8. The molecule has 0 aromatic heterocycles. The maximum atomic E-state index is 10.7. The van der Waals surface area contributed by atoms with Crippen molar-refractivity contribution in [2.75, 3.05) is 7.11 Å².